The zero-order valence-corrected chi connectivity index (χ0v) is 19.3. The number of hydrogen-bond acceptors (Lipinski definition) is 3. The van der Waals surface area contributed by atoms with Crippen LogP contribution >= 0.6 is 31.9 Å². The first-order valence-corrected chi connectivity index (χ1v) is 10.9. The summed E-state index contributed by atoms with van der Waals surface area (Å²) >= 11 is 6.95. The van der Waals surface area contributed by atoms with Crippen LogP contribution in [0, 0.1) is 0 Å². The predicted octanol–water partition coefficient (Wildman–Crippen LogP) is 5.37. The van der Waals surface area contributed by atoms with Gasteiger partial charge in [0.1, 0.15) is 0 Å². The van der Waals surface area contributed by atoms with Gasteiger partial charge in [0.05, 0.1) is 22.2 Å². The molecule has 4 aromatic rings. The van der Waals surface area contributed by atoms with Crippen LogP contribution < -0.4 is 0 Å². The number of imide groups is 1. The number of fused-ring (bicyclic) bond motifs is 4. The van der Waals surface area contributed by atoms with E-state index in [4.69, 9.17) is 0 Å². The zero-order valence-electron chi connectivity index (χ0n) is 16.1. The number of rotatable bonds is 3. The second-order valence-corrected chi connectivity index (χ2v) is 9.31. The lowest BCUT2D eigenvalue weighted by molar-refractivity contribution is -0.152. The van der Waals surface area contributed by atoms with Crippen molar-refractivity contribution in [3.8, 4) is 0 Å². The molecule has 0 aliphatic carbocycles. The van der Waals surface area contributed by atoms with Crippen LogP contribution in [-0.4, -0.2) is 32.4 Å². The summed E-state index contributed by atoms with van der Waals surface area (Å²) < 4.78 is 3.22. The Bertz CT molecular complexity index is 1360. The molecule has 2 heterocycles. The standard InChI is InChI=1S/C23H14Br2N2O4/c1-23(22(30)31,27-20(28)14-4-2-3-5-15(14)21(27)29)26-18-8-6-12(24)10-16(18)17-11-13(25)7-9-19(17)26/h2-11H,1H3,(H,30,31). The molecule has 6 nitrogen and oxygen atoms in total. The maximum atomic E-state index is 13.2. The molecule has 31 heavy (non-hydrogen) atoms. The van der Waals surface area contributed by atoms with Crippen molar-refractivity contribution in [2.24, 2.45) is 0 Å². The van der Waals surface area contributed by atoms with Gasteiger partial charge in [-0.15, -0.1) is 0 Å². The first kappa shape index (κ1) is 20.0. The molecule has 1 unspecified atom stereocenters. The molecule has 0 saturated carbocycles. The maximum absolute atomic E-state index is 13.2. The fourth-order valence-electron chi connectivity index (χ4n) is 4.31. The average Bonchev–Trinajstić information content (AvgIpc) is 3.19. The number of aromatic nitrogens is 1. The minimum absolute atomic E-state index is 0.200. The number of carboxylic acid groups (broad SMARTS) is 1. The number of nitrogens with zero attached hydrogens (tertiary/aromatic N) is 2. The Balaban J connectivity index is 1.88. The summed E-state index contributed by atoms with van der Waals surface area (Å²) in [4.78, 5) is 40.1. The number of benzene rings is 3. The van der Waals surface area contributed by atoms with Gasteiger partial charge in [-0.1, -0.05) is 44.0 Å². The van der Waals surface area contributed by atoms with Crippen molar-refractivity contribution < 1.29 is 19.5 Å². The van der Waals surface area contributed by atoms with E-state index in [0.717, 1.165) is 24.6 Å². The van der Waals surface area contributed by atoms with Gasteiger partial charge in [0.25, 0.3) is 11.8 Å². The van der Waals surface area contributed by atoms with Gasteiger partial charge in [0.15, 0.2) is 0 Å². The Morgan fingerprint density at radius 2 is 1.29 bits per heavy atom. The topological polar surface area (TPSA) is 79.6 Å². The van der Waals surface area contributed by atoms with Crippen LogP contribution in [0.5, 0.6) is 0 Å². The van der Waals surface area contributed by atoms with Gasteiger partial charge < -0.3 is 9.67 Å². The van der Waals surface area contributed by atoms with Crippen LogP contribution in [0.1, 0.15) is 27.6 Å². The molecule has 5 rings (SSSR count). The highest BCUT2D eigenvalue weighted by atomic mass is 79.9. The highest BCUT2D eigenvalue weighted by molar-refractivity contribution is 9.10. The minimum Gasteiger partial charge on any atom is -0.478 e. The van der Waals surface area contributed by atoms with Crippen molar-refractivity contribution in [2.75, 3.05) is 0 Å². The van der Waals surface area contributed by atoms with Crippen molar-refractivity contribution in [3.63, 3.8) is 0 Å². The van der Waals surface area contributed by atoms with Gasteiger partial charge in [0, 0.05) is 19.7 Å². The van der Waals surface area contributed by atoms with Gasteiger partial charge in [-0.2, -0.15) is 0 Å². The molecule has 1 aliphatic rings. The summed E-state index contributed by atoms with van der Waals surface area (Å²) in [5.74, 6) is -2.57. The minimum atomic E-state index is -1.99. The molecule has 1 N–H and O–H groups in total. The molecule has 0 spiro atoms. The third kappa shape index (κ3) is 2.64. The zero-order chi connectivity index (χ0) is 22.1. The lowest BCUT2D eigenvalue weighted by atomic mass is 10.1. The number of carbonyl (C=O) groups excluding carboxylic acids is 2. The van der Waals surface area contributed by atoms with E-state index < -0.39 is 23.4 Å². The normalized spacial score (nSPS) is 15.5. The van der Waals surface area contributed by atoms with E-state index in [1.54, 1.807) is 41.0 Å². The third-order valence-electron chi connectivity index (χ3n) is 5.76. The Kier molecular flexibility index (Phi) is 4.36. The molecule has 1 atom stereocenters. The van der Waals surface area contributed by atoms with Crippen molar-refractivity contribution in [1.82, 2.24) is 9.47 Å². The molecule has 0 saturated heterocycles. The van der Waals surface area contributed by atoms with Crippen molar-refractivity contribution in [1.29, 1.82) is 0 Å². The van der Waals surface area contributed by atoms with E-state index in [2.05, 4.69) is 31.9 Å². The molecule has 0 fully saturated rings. The number of aliphatic carboxylic acids is 1. The number of carboxylic acids is 1. The molecule has 0 radical (unpaired) electrons. The van der Waals surface area contributed by atoms with Gasteiger partial charge in [0.2, 0.25) is 5.66 Å². The van der Waals surface area contributed by atoms with Crippen LogP contribution in [-0.2, 0) is 10.5 Å². The summed E-state index contributed by atoms with van der Waals surface area (Å²) in [7, 11) is 0. The van der Waals surface area contributed by atoms with E-state index in [0.29, 0.717) is 11.0 Å². The summed E-state index contributed by atoms with van der Waals surface area (Å²) in [5, 5.41) is 12.0. The molecule has 154 valence electrons. The second-order valence-electron chi connectivity index (χ2n) is 7.48. The van der Waals surface area contributed by atoms with Crippen LogP contribution in [0.2, 0.25) is 0 Å². The molecule has 3 aromatic carbocycles. The number of halogens is 2. The summed E-state index contributed by atoms with van der Waals surface area (Å²) in [6, 6.07) is 17.3. The SMILES string of the molecule is CC(C(=O)O)(N1C(=O)c2ccccc2C1=O)n1c2ccc(Br)cc2c2cc(Br)ccc21. The summed E-state index contributed by atoms with van der Waals surface area (Å²) in [6.07, 6.45) is 0. The van der Waals surface area contributed by atoms with Gasteiger partial charge in [-0.3, -0.25) is 9.59 Å². The fraction of sp³-hybridized carbons (Fsp3) is 0.0870. The summed E-state index contributed by atoms with van der Waals surface area (Å²) in [5.41, 5.74) is -0.401. The maximum Gasteiger partial charge on any atom is 0.351 e. The van der Waals surface area contributed by atoms with E-state index in [1.807, 2.05) is 12.1 Å². The Labute approximate surface area is 193 Å². The van der Waals surface area contributed by atoms with Crippen LogP contribution in [0.3, 0.4) is 0 Å². The van der Waals surface area contributed by atoms with Crippen molar-refractivity contribution >= 4 is 71.4 Å². The average molecular weight is 542 g/mol. The smallest absolute Gasteiger partial charge is 0.351 e. The predicted molar refractivity (Wildman–Crippen MR) is 123 cm³/mol. The van der Waals surface area contributed by atoms with Gasteiger partial charge >= 0.3 is 5.97 Å². The largest absolute Gasteiger partial charge is 0.478 e. The Morgan fingerprint density at radius 1 is 0.839 bits per heavy atom. The first-order valence-electron chi connectivity index (χ1n) is 9.36. The molecule has 0 bridgehead atoms. The molecular formula is C23H14Br2N2O4. The second kappa shape index (κ2) is 6.77. The highest BCUT2D eigenvalue weighted by Crippen LogP contribution is 2.41. The van der Waals surface area contributed by atoms with Crippen LogP contribution in [0.25, 0.3) is 21.8 Å². The molecule has 8 heteroatoms. The molecular weight excluding hydrogens is 528 g/mol. The van der Waals surface area contributed by atoms with Crippen molar-refractivity contribution in [2.45, 2.75) is 12.6 Å². The van der Waals surface area contributed by atoms with Gasteiger partial charge in [-0.05, 0) is 55.5 Å². The van der Waals surface area contributed by atoms with E-state index in [1.165, 1.54) is 19.1 Å². The van der Waals surface area contributed by atoms with Crippen LogP contribution in [0.4, 0.5) is 0 Å². The monoisotopic (exact) mass is 540 g/mol. The first-order chi connectivity index (χ1) is 14.7. The molecule has 1 aromatic heterocycles. The summed E-state index contributed by atoms with van der Waals surface area (Å²) in [6.45, 7) is 1.39. The van der Waals surface area contributed by atoms with E-state index in [-0.39, 0.29) is 11.1 Å². The Morgan fingerprint density at radius 3 is 1.71 bits per heavy atom. The lowest BCUT2D eigenvalue weighted by Crippen LogP contribution is -2.56. The van der Waals surface area contributed by atoms with Gasteiger partial charge in [-0.25, -0.2) is 9.69 Å². The third-order valence-corrected chi connectivity index (χ3v) is 6.75. The number of hydrogen-bond donors (Lipinski definition) is 1. The number of carbonyl (C=O) groups is 3. The number of amides is 2. The lowest BCUT2D eigenvalue weighted by Gasteiger charge is -2.36. The van der Waals surface area contributed by atoms with Crippen LogP contribution in [0.15, 0.2) is 69.6 Å². The van der Waals surface area contributed by atoms with E-state index >= 15 is 0 Å². The van der Waals surface area contributed by atoms with E-state index in [9.17, 15) is 19.5 Å². The Hall–Kier alpha value is -2.97. The van der Waals surface area contributed by atoms with Crippen molar-refractivity contribution in [3.05, 3.63) is 80.7 Å². The molecule has 1 aliphatic heterocycles. The highest BCUT2D eigenvalue weighted by Gasteiger charge is 2.53. The quantitative estimate of drug-likeness (QED) is 0.353. The molecule has 2 amide bonds. The fourth-order valence-corrected chi connectivity index (χ4v) is 5.03.